The fourth-order valence-corrected chi connectivity index (χ4v) is 7.54. The molecule has 0 N–H and O–H groups in total. The van der Waals surface area contributed by atoms with E-state index in [1.165, 1.54) is 49.2 Å². The molecule has 9 aromatic carbocycles. The highest BCUT2D eigenvalue weighted by Crippen LogP contribution is 2.45. The third-order valence-electron chi connectivity index (χ3n) is 9.98. The van der Waals surface area contributed by atoms with Crippen LogP contribution in [0.2, 0.25) is 0 Å². The molecule has 0 aliphatic rings. The average Bonchev–Trinajstić information content (AvgIpc) is 3.58. The first-order chi connectivity index (χ1) is 24.8. The number of anilines is 3. The molecular formula is C48H31NO. The molecule has 2 nitrogen and oxygen atoms in total. The lowest BCUT2D eigenvalue weighted by molar-refractivity contribution is 0.672. The van der Waals surface area contributed by atoms with Crippen molar-refractivity contribution in [3.05, 3.63) is 188 Å². The van der Waals surface area contributed by atoms with Crippen molar-refractivity contribution in [2.45, 2.75) is 0 Å². The molecule has 0 saturated carbocycles. The van der Waals surface area contributed by atoms with E-state index in [2.05, 4.69) is 193 Å². The second-order valence-electron chi connectivity index (χ2n) is 13.0. The Morgan fingerprint density at radius 1 is 0.340 bits per heavy atom. The van der Waals surface area contributed by atoms with Crippen LogP contribution in [0.15, 0.2) is 192 Å². The van der Waals surface area contributed by atoms with Crippen molar-refractivity contribution in [1.29, 1.82) is 0 Å². The Morgan fingerprint density at radius 3 is 1.50 bits per heavy atom. The second-order valence-corrected chi connectivity index (χ2v) is 13.0. The van der Waals surface area contributed by atoms with Crippen LogP contribution in [0.1, 0.15) is 0 Å². The topological polar surface area (TPSA) is 16.4 Å². The molecule has 0 aliphatic carbocycles. The van der Waals surface area contributed by atoms with Crippen molar-refractivity contribution in [3.63, 3.8) is 0 Å². The van der Waals surface area contributed by atoms with Crippen molar-refractivity contribution in [2.75, 3.05) is 4.90 Å². The number of benzene rings is 9. The number of nitrogens with zero attached hydrogens (tertiary/aromatic N) is 1. The molecule has 1 heterocycles. The van der Waals surface area contributed by atoms with Gasteiger partial charge >= 0.3 is 0 Å². The zero-order chi connectivity index (χ0) is 33.0. The van der Waals surface area contributed by atoms with E-state index in [1.54, 1.807) is 0 Å². The van der Waals surface area contributed by atoms with Gasteiger partial charge in [0, 0.05) is 22.1 Å². The Bertz CT molecular complexity index is 2770. The highest BCUT2D eigenvalue weighted by molar-refractivity contribution is 6.19. The highest BCUT2D eigenvalue weighted by Gasteiger charge is 2.21. The Morgan fingerprint density at radius 2 is 0.860 bits per heavy atom. The molecule has 10 aromatic rings. The van der Waals surface area contributed by atoms with E-state index in [9.17, 15) is 0 Å². The summed E-state index contributed by atoms with van der Waals surface area (Å²) in [5.74, 6) is 0. The first-order valence-corrected chi connectivity index (χ1v) is 17.1. The summed E-state index contributed by atoms with van der Waals surface area (Å²) in [6.07, 6.45) is 0. The third-order valence-corrected chi connectivity index (χ3v) is 9.98. The predicted octanol–water partition coefficient (Wildman–Crippen LogP) is 13.8. The van der Waals surface area contributed by atoms with Crippen LogP contribution in [0.4, 0.5) is 17.1 Å². The molecule has 1 aromatic heterocycles. The molecule has 0 radical (unpaired) electrons. The van der Waals surface area contributed by atoms with Gasteiger partial charge in [-0.05, 0) is 104 Å². The van der Waals surface area contributed by atoms with Gasteiger partial charge in [-0.3, -0.25) is 0 Å². The van der Waals surface area contributed by atoms with E-state index >= 15 is 0 Å². The highest BCUT2D eigenvalue weighted by atomic mass is 16.3. The van der Waals surface area contributed by atoms with Crippen LogP contribution in [-0.4, -0.2) is 0 Å². The average molecular weight is 638 g/mol. The van der Waals surface area contributed by atoms with E-state index in [1.807, 2.05) is 0 Å². The first-order valence-electron chi connectivity index (χ1n) is 17.1. The van der Waals surface area contributed by atoms with Gasteiger partial charge in [0.15, 0.2) is 0 Å². The molecule has 0 aliphatic heterocycles. The normalized spacial score (nSPS) is 11.6. The minimum atomic E-state index is 0.871. The molecule has 2 heteroatoms. The van der Waals surface area contributed by atoms with Gasteiger partial charge in [-0.1, -0.05) is 133 Å². The summed E-state index contributed by atoms with van der Waals surface area (Å²) in [6.45, 7) is 0. The Kier molecular flexibility index (Phi) is 6.53. The number of rotatable bonds is 5. The van der Waals surface area contributed by atoms with Crippen molar-refractivity contribution in [3.8, 4) is 22.3 Å². The monoisotopic (exact) mass is 637 g/mol. The number of hydrogen-bond donors (Lipinski definition) is 0. The maximum absolute atomic E-state index is 6.67. The molecular weight excluding hydrogens is 607 g/mol. The smallest absolute Gasteiger partial charge is 0.143 e. The molecule has 0 fully saturated rings. The molecule has 0 unspecified atom stereocenters. The zero-order valence-electron chi connectivity index (χ0n) is 27.3. The summed E-state index contributed by atoms with van der Waals surface area (Å²) in [4.78, 5) is 2.39. The molecule has 0 amide bonds. The Labute approximate surface area is 290 Å². The summed E-state index contributed by atoms with van der Waals surface area (Å²) in [7, 11) is 0. The molecule has 234 valence electrons. The van der Waals surface area contributed by atoms with Crippen LogP contribution in [-0.2, 0) is 0 Å². The fraction of sp³-hybridized carbons (Fsp3) is 0. The maximum Gasteiger partial charge on any atom is 0.143 e. The Balaban J connectivity index is 1.20. The van der Waals surface area contributed by atoms with E-state index in [0.717, 1.165) is 44.4 Å². The minimum Gasteiger partial charge on any atom is -0.455 e. The minimum absolute atomic E-state index is 0.871. The van der Waals surface area contributed by atoms with Crippen LogP contribution in [0, 0.1) is 0 Å². The van der Waals surface area contributed by atoms with Gasteiger partial charge in [-0.25, -0.2) is 0 Å². The van der Waals surface area contributed by atoms with Crippen molar-refractivity contribution >= 4 is 71.3 Å². The van der Waals surface area contributed by atoms with Crippen LogP contribution in [0.5, 0.6) is 0 Å². The van der Waals surface area contributed by atoms with Gasteiger partial charge in [0.25, 0.3) is 0 Å². The van der Waals surface area contributed by atoms with E-state index < -0.39 is 0 Å². The molecule has 0 bridgehead atoms. The number of hydrogen-bond acceptors (Lipinski definition) is 2. The van der Waals surface area contributed by atoms with Gasteiger partial charge in [0.1, 0.15) is 11.2 Å². The quantitative estimate of drug-likeness (QED) is 0.187. The summed E-state index contributed by atoms with van der Waals surface area (Å²) in [5, 5.41) is 9.45. The van der Waals surface area contributed by atoms with Gasteiger partial charge in [0.2, 0.25) is 0 Å². The molecule has 0 saturated heterocycles. The summed E-state index contributed by atoms with van der Waals surface area (Å²) in [5.41, 5.74) is 9.72. The van der Waals surface area contributed by atoms with Crippen LogP contribution >= 0.6 is 0 Å². The SMILES string of the molecule is c1cc(-c2ccc3ccccc3c2)cc(N(c2cccc(-c3ccc4ccccc4c3)c2)c2cccc3oc4c5ccccc5ccc4c23)c1. The maximum atomic E-state index is 6.67. The number of fused-ring (bicyclic) bond motifs is 7. The molecule has 50 heavy (non-hydrogen) atoms. The van der Waals surface area contributed by atoms with Crippen LogP contribution < -0.4 is 4.90 Å². The predicted molar refractivity (Wildman–Crippen MR) is 212 cm³/mol. The van der Waals surface area contributed by atoms with E-state index in [-0.39, 0.29) is 0 Å². The van der Waals surface area contributed by atoms with Crippen molar-refractivity contribution < 1.29 is 4.42 Å². The van der Waals surface area contributed by atoms with Crippen molar-refractivity contribution in [1.82, 2.24) is 0 Å². The van der Waals surface area contributed by atoms with E-state index in [0.29, 0.717) is 0 Å². The third kappa shape index (κ3) is 4.73. The van der Waals surface area contributed by atoms with E-state index in [4.69, 9.17) is 4.42 Å². The van der Waals surface area contributed by atoms with Gasteiger partial charge < -0.3 is 9.32 Å². The standard InChI is InChI=1S/C48H31NO/c1-3-13-35-28-39(24-22-32(35)10-1)37-15-7-17-41(30-37)49(42-18-8-16-38(31-42)40-25-23-33-11-2-4-14-36(33)29-40)45-20-9-21-46-47(45)44-27-26-34-12-5-6-19-43(34)48(44)50-46/h1-31H. The van der Waals surface area contributed by atoms with Crippen molar-refractivity contribution in [2.24, 2.45) is 0 Å². The molecule has 0 spiro atoms. The summed E-state index contributed by atoms with van der Waals surface area (Å²) in [6, 6.07) is 67.6. The number of furan rings is 1. The first kappa shape index (κ1) is 28.4. The van der Waals surface area contributed by atoms with Gasteiger partial charge in [0.05, 0.1) is 11.1 Å². The van der Waals surface area contributed by atoms with Crippen LogP contribution in [0.3, 0.4) is 0 Å². The lowest BCUT2D eigenvalue weighted by atomic mass is 9.99. The van der Waals surface area contributed by atoms with Gasteiger partial charge in [-0.15, -0.1) is 0 Å². The summed E-state index contributed by atoms with van der Waals surface area (Å²) < 4.78 is 6.67. The summed E-state index contributed by atoms with van der Waals surface area (Å²) >= 11 is 0. The fourth-order valence-electron chi connectivity index (χ4n) is 7.54. The molecule has 10 rings (SSSR count). The zero-order valence-corrected chi connectivity index (χ0v) is 27.3. The lowest BCUT2D eigenvalue weighted by Gasteiger charge is -2.27. The van der Waals surface area contributed by atoms with Gasteiger partial charge in [-0.2, -0.15) is 0 Å². The lowest BCUT2D eigenvalue weighted by Crippen LogP contribution is -2.10. The largest absolute Gasteiger partial charge is 0.455 e. The molecule has 0 atom stereocenters. The Hall–Kier alpha value is -6.64. The van der Waals surface area contributed by atoms with Crippen LogP contribution in [0.25, 0.3) is 76.5 Å². The second kappa shape index (κ2) is 11.5.